The Morgan fingerprint density at radius 3 is 2.00 bits per heavy atom. The van der Waals surface area contributed by atoms with Crippen LogP contribution in [0.3, 0.4) is 0 Å². The maximum atomic E-state index is 6.62. The first kappa shape index (κ1) is 23.7. The number of hydrogen-bond acceptors (Lipinski definition) is 4. The number of benzene rings is 1. The van der Waals surface area contributed by atoms with Gasteiger partial charge in [0, 0.05) is 23.8 Å². The van der Waals surface area contributed by atoms with Crippen LogP contribution in [0.25, 0.3) is 0 Å². The molecule has 0 aromatic heterocycles. The van der Waals surface area contributed by atoms with Crippen molar-refractivity contribution in [2.24, 2.45) is 5.41 Å². The first-order chi connectivity index (χ1) is 14.3. The molecule has 0 bridgehead atoms. The van der Waals surface area contributed by atoms with Gasteiger partial charge in [0.1, 0.15) is 0 Å². The number of rotatable bonds is 8. The van der Waals surface area contributed by atoms with E-state index in [0.29, 0.717) is 6.61 Å². The molecule has 0 radical (unpaired) electrons. The molecule has 1 aromatic rings. The standard InChI is InChI=1S/C26H43NO3/c1-7-24(8-2)20-28-26(29-21-24)18-23(5,6)27(25(9-3,10-4)19-26)30-17-16-22-14-12-11-13-15-22/h11-15H,7-10,16-21H2,1-6H3. The lowest BCUT2D eigenvalue weighted by Gasteiger charge is -2.61. The molecule has 4 nitrogen and oxygen atoms in total. The van der Waals surface area contributed by atoms with E-state index in [-0.39, 0.29) is 16.5 Å². The molecule has 170 valence electrons. The molecule has 30 heavy (non-hydrogen) atoms. The molecule has 0 atom stereocenters. The van der Waals surface area contributed by atoms with Crippen molar-refractivity contribution in [3.63, 3.8) is 0 Å². The predicted molar refractivity (Wildman–Crippen MR) is 122 cm³/mol. The minimum absolute atomic E-state index is 0.0864. The summed E-state index contributed by atoms with van der Waals surface area (Å²) in [5, 5.41) is 2.31. The highest BCUT2D eigenvalue weighted by molar-refractivity contribution is 5.14. The Hall–Kier alpha value is -0.940. The third-order valence-corrected chi connectivity index (χ3v) is 7.83. The molecule has 2 aliphatic rings. The molecule has 0 N–H and O–H groups in total. The van der Waals surface area contributed by atoms with Gasteiger partial charge in [0.05, 0.1) is 25.4 Å². The number of ether oxygens (including phenoxy) is 2. The van der Waals surface area contributed by atoms with Crippen LogP contribution in [0.4, 0.5) is 0 Å². The molecular formula is C26H43NO3. The van der Waals surface area contributed by atoms with Gasteiger partial charge < -0.3 is 9.47 Å². The van der Waals surface area contributed by atoms with E-state index in [2.05, 4.69) is 76.9 Å². The minimum atomic E-state index is -0.497. The summed E-state index contributed by atoms with van der Waals surface area (Å²) in [5.41, 5.74) is 1.23. The Bertz CT molecular complexity index is 654. The third-order valence-electron chi connectivity index (χ3n) is 7.83. The zero-order valence-electron chi connectivity index (χ0n) is 20.1. The normalized spacial score (nSPS) is 24.7. The van der Waals surface area contributed by atoms with Gasteiger partial charge in [0.25, 0.3) is 0 Å². The van der Waals surface area contributed by atoms with Crippen LogP contribution in [0, 0.1) is 5.41 Å². The van der Waals surface area contributed by atoms with E-state index in [0.717, 1.165) is 58.2 Å². The van der Waals surface area contributed by atoms with E-state index in [1.165, 1.54) is 5.56 Å². The van der Waals surface area contributed by atoms with Gasteiger partial charge in [-0.05, 0) is 51.5 Å². The maximum Gasteiger partial charge on any atom is 0.172 e. The van der Waals surface area contributed by atoms with Gasteiger partial charge in [-0.3, -0.25) is 4.84 Å². The lowest BCUT2D eigenvalue weighted by atomic mass is 9.72. The van der Waals surface area contributed by atoms with Crippen molar-refractivity contribution in [3.8, 4) is 0 Å². The molecule has 2 aliphatic heterocycles. The number of hydrogen-bond donors (Lipinski definition) is 0. The van der Waals surface area contributed by atoms with E-state index in [1.807, 2.05) is 0 Å². The molecule has 0 saturated carbocycles. The maximum absolute atomic E-state index is 6.62. The third kappa shape index (κ3) is 4.62. The fourth-order valence-corrected chi connectivity index (χ4v) is 5.52. The first-order valence-electron chi connectivity index (χ1n) is 12.0. The van der Waals surface area contributed by atoms with Crippen LogP contribution in [0.15, 0.2) is 30.3 Å². The Morgan fingerprint density at radius 1 is 0.867 bits per heavy atom. The minimum Gasteiger partial charge on any atom is -0.349 e. The molecule has 1 aromatic carbocycles. The predicted octanol–water partition coefficient (Wildman–Crippen LogP) is 6.14. The Morgan fingerprint density at radius 2 is 1.47 bits per heavy atom. The molecule has 0 unspecified atom stereocenters. The SMILES string of the molecule is CCC1(CC)COC2(CC(C)(C)N(OCCc3ccccc3)C(CC)(CC)C2)OC1. The van der Waals surface area contributed by atoms with Crippen molar-refractivity contribution in [2.75, 3.05) is 19.8 Å². The number of nitrogens with zero attached hydrogens (tertiary/aromatic N) is 1. The topological polar surface area (TPSA) is 30.9 Å². The Kier molecular flexibility index (Phi) is 7.33. The van der Waals surface area contributed by atoms with Crippen molar-refractivity contribution in [1.29, 1.82) is 0 Å². The summed E-state index contributed by atoms with van der Waals surface area (Å²) < 4.78 is 13.2. The molecule has 0 aliphatic carbocycles. The van der Waals surface area contributed by atoms with E-state index >= 15 is 0 Å². The second kappa shape index (κ2) is 9.28. The van der Waals surface area contributed by atoms with Crippen LogP contribution < -0.4 is 0 Å². The molecule has 2 fully saturated rings. The van der Waals surface area contributed by atoms with Crippen LogP contribution in [0.5, 0.6) is 0 Å². The molecule has 4 heteroatoms. The van der Waals surface area contributed by atoms with Crippen molar-refractivity contribution in [3.05, 3.63) is 35.9 Å². The van der Waals surface area contributed by atoms with Gasteiger partial charge in [-0.15, -0.1) is 0 Å². The van der Waals surface area contributed by atoms with Crippen molar-refractivity contribution in [1.82, 2.24) is 5.06 Å². The molecular weight excluding hydrogens is 374 g/mol. The van der Waals surface area contributed by atoms with Gasteiger partial charge in [0.2, 0.25) is 0 Å². The first-order valence-corrected chi connectivity index (χ1v) is 12.0. The van der Waals surface area contributed by atoms with Crippen LogP contribution in [-0.4, -0.2) is 41.7 Å². The van der Waals surface area contributed by atoms with Gasteiger partial charge in [-0.1, -0.05) is 58.0 Å². The molecule has 0 amide bonds. The zero-order valence-corrected chi connectivity index (χ0v) is 20.1. The lowest BCUT2D eigenvalue weighted by Crippen LogP contribution is -2.69. The van der Waals surface area contributed by atoms with E-state index in [4.69, 9.17) is 14.3 Å². The fraction of sp³-hybridized carbons (Fsp3) is 0.769. The van der Waals surface area contributed by atoms with Gasteiger partial charge in [-0.2, -0.15) is 5.06 Å². The fourth-order valence-electron chi connectivity index (χ4n) is 5.52. The summed E-state index contributed by atoms with van der Waals surface area (Å²) >= 11 is 0. The second-order valence-electron chi connectivity index (χ2n) is 10.2. The molecule has 2 heterocycles. The lowest BCUT2D eigenvalue weighted by molar-refractivity contribution is -0.388. The highest BCUT2D eigenvalue weighted by Gasteiger charge is 2.59. The van der Waals surface area contributed by atoms with Crippen molar-refractivity contribution >= 4 is 0 Å². The highest BCUT2D eigenvalue weighted by atomic mass is 16.7. The average Bonchev–Trinajstić information content (AvgIpc) is 2.76. The average molecular weight is 418 g/mol. The summed E-state index contributed by atoms with van der Waals surface area (Å²) in [6, 6.07) is 10.6. The summed E-state index contributed by atoms with van der Waals surface area (Å²) in [6.45, 7) is 15.9. The van der Waals surface area contributed by atoms with Crippen molar-refractivity contribution in [2.45, 2.75) is 103 Å². The highest BCUT2D eigenvalue weighted by Crippen LogP contribution is 2.51. The molecule has 3 rings (SSSR count). The Labute approximate surface area is 184 Å². The van der Waals surface area contributed by atoms with Gasteiger partial charge in [0.15, 0.2) is 5.79 Å². The Balaban J connectivity index is 1.76. The van der Waals surface area contributed by atoms with E-state index < -0.39 is 5.79 Å². The number of piperidine rings is 1. The molecule has 2 saturated heterocycles. The van der Waals surface area contributed by atoms with E-state index in [1.54, 1.807) is 0 Å². The van der Waals surface area contributed by atoms with Crippen LogP contribution in [0.1, 0.15) is 85.6 Å². The molecule has 1 spiro atoms. The quantitative estimate of drug-likeness (QED) is 0.508. The van der Waals surface area contributed by atoms with Crippen LogP contribution >= 0.6 is 0 Å². The van der Waals surface area contributed by atoms with Crippen LogP contribution in [0.2, 0.25) is 0 Å². The van der Waals surface area contributed by atoms with Gasteiger partial charge >= 0.3 is 0 Å². The summed E-state index contributed by atoms with van der Waals surface area (Å²) in [6.07, 6.45) is 6.85. The summed E-state index contributed by atoms with van der Waals surface area (Å²) in [5.74, 6) is -0.497. The van der Waals surface area contributed by atoms with E-state index in [9.17, 15) is 0 Å². The second-order valence-corrected chi connectivity index (χ2v) is 10.2. The smallest absolute Gasteiger partial charge is 0.172 e. The van der Waals surface area contributed by atoms with Crippen LogP contribution in [-0.2, 0) is 20.7 Å². The van der Waals surface area contributed by atoms with Crippen molar-refractivity contribution < 1.29 is 14.3 Å². The summed E-state index contributed by atoms with van der Waals surface area (Å²) in [4.78, 5) is 6.54. The summed E-state index contributed by atoms with van der Waals surface area (Å²) in [7, 11) is 0. The zero-order chi connectivity index (χ0) is 21.9. The largest absolute Gasteiger partial charge is 0.349 e. The monoisotopic (exact) mass is 417 g/mol. The number of hydroxylamine groups is 2. The van der Waals surface area contributed by atoms with Gasteiger partial charge in [-0.25, -0.2) is 0 Å².